The van der Waals surface area contributed by atoms with E-state index in [0.29, 0.717) is 5.82 Å². The van der Waals surface area contributed by atoms with Gasteiger partial charge in [-0.2, -0.15) is 0 Å². The van der Waals surface area contributed by atoms with Crippen molar-refractivity contribution in [3.05, 3.63) is 34.3 Å². The molecule has 9 nitrogen and oxygen atoms in total. The highest BCUT2D eigenvalue weighted by molar-refractivity contribution is 5.43. The molecule has 1 aromatic heterocycles. The molecule has 0 amide bonds. The van der Waals surface area contributed by atoms with Gasteiger partial charge in [-0.25, -0.2) is 5.01 Å². The molecule has 1 aliphatic heterocycles. The minimum atomic E-state index is -0.611. The van der Waals surface area contributed by atoms with Crippen LogP contribution in [0.1, 0.15) is 0 Å². The van der Waals surface area contributed by atoms with E-state index in [0.717, 1.165) is 0 Å². The summed E-state index contributed by atoms with van der Waals surface area (Å²) in [7, 11) is 1.71. The third kappa shape index (κ3) is 2.14. The van der Waals surface area contributed by atoms with Gasteiger partial charge in [0, 0.05) is 13.1 Å². The number of hydrazine groups is 2. The zero-order valence-corrected chi connectivity index (χ0v) is 8.95. The first-order chi connectivity index (χ1) is 8.11. The van der Waals surface area contributed by atoms with Crippen LogP contribution in [0.2, 0.25) is 0 Å². The number of aliphatic hydroxyl groups excluding tert-OH is 1. The van der Waals surface area contributed by atoms with Crippen LogP contribution in [0.3, 0.4) is 0 Å². The second-order valence-corrected chi connectivity index (χ2v) is 3.25. The maximum Gasteiger partial charge on any atom is 0.434 e. The lowest BCUT2D eigenvalue weighted by Gasteiger charge is -2.18. The normalized spacial score (nSPS) is 15.1. The summed E-state index contributed by atoms with van der Waals surface area (Å²) in [5, 5.41) is 24.9. The average molecular weight is 241 g/mol. The lowest BCUT2D eigenvalue weighted by Crippen LogP contribution is -2.40. The summed E-state index contributed by atoms with van der Waals surface area (Å²) < 4.78 is 5.01. The number of aliphatic hydroxyl groups is 1. The molecule has 0 fully saturated rings. The summed E-state index contributed by atoms with van der Waals surface area (Å²) >= 11 is 0. The Morgan fingerprint density at radius 2 is 2.41 bits per heavy atom. The van der Waals surface area contributed by atoms with Gasteiger partial charge in [-0.1, -0.05) is 0 Å². The van der Waals surface area contributed by atoms with Crippen molar-refractivity contribution >= 4 is 11.8 Å². The second-order valence-electron chi connectivity index (χ2n) is 3.25. The Labute approximate surface area is 96.0 Å². The van der Waals surface area contributed by atoms with Gasteiger partial charge in [-0.15, -0.1) is 5.53 Å². The van der Waals surface area contributed by atoms with Gasteiger partial charge in [0.15, 0.2) is 0 Å². The van der Waals surface area contributed by atoms with Crippen LogP contribution in [-0.2, 0) is 0 Å². The molecule has 1 aliphatic rings. The van der Waals surface area contributed by atoms with Crippen LogP contribution in [0.25, 0.3) is 0 Å². The molecule has 0 aromatic carbocycles. The van der Waals surface area contributed by atoms with Crippen molar-refractivity contribution in [1.29, 1.82) is 0 Å². The van der Waals surface area contributed by atoms with E-state index in [1.807, 2.05) is 0 Å². The predicted molar refractivity (Wildman–Crippen MR) is 57.0 cm³/mol. The lowest BCUT2D eigenvalue weighted by atomic mass is 10.6. The molecule has 9 heteroatoms. The molecule has 0 saturated carbocycles. The highest BCUT2D eigenvalue weighted by atomic mass is 16.6. The van der Waals surface area contributed by atoms with E-state index in [-0.39, 0.29) is 18.5 Å². The summed E-state index contributed by atoms with van der Waals surface area (Å²) in [5.74, 6) is 0.547. The first-order valence-corrected chi connectivity index (χ1v) is 4.72. The number of rotatable bonds is 4. The summed E-state index contributed by atoms with van der Waals surface area (Å²) in [4.78, 5) is 9.85. The maximum absolute atomic E-state index is 10.5. The zero-order valence-electron chi connectivity index (χ0n) is 8.95. The molecule has 92 valence electrons. The fraction of sp³-hybridized carbons (Fsp3) is 0.250. The molecule has 0 spiro atoms. The van der Waals surface area contributed by atoms with E-state index in [9.17, 15) is 10.1 Å². The van der Waals surface area contributed by atoms with Crippen LogP contribution >= 0.6 is 0 Å². The lowest BCUT2D eigenvalue weighted by molar-refractivity contribution is -0.401. The topological polar surface area (TPSA) is 107 Å². The Hall–Kier alpha value is -2.26. The first-order valence-electron chi connectivity index (χ1n) is 4.72. The van der Waals surface area contributed by atoms with Crippen molar-refractivity contribution in [1.82, 2.24) is 15.9 Å². The van der Waals surface area contributed by atoms with Gasteiger partial charge in [0.2, 0.25) is 5.88 Å². The molecular formula is C8H11N5O4. The molecule has 0 atom stereocenters. The predicted octanol–water partition coefficient (Wildman–Crippen LogP) is -0.303. The largest absolute Gasteiger partial charge is 0.434 e. The van der Waals surface area contributed by atoms with Gasteiger partial charge in [-0.3, -0.25) is 15.1 Å². The molecule has 2 rings (SSSR count). The van der Waals surface area contributed by atoms with Gasteiger partial charge in [0.1, 0.15) is 17.5 Å². The minimum Gasteiger partial charge on any atom is -0.383 e. The number of hydrogen-bond donors (Lipinski definition) is 3. The van der Waals surface area contributed by atoms with Crippen LogP contribution < -0.4 is 15.9 Å². The Morgan fingerprint density at radius 3 is 3.00 bits per heavy atom. The van der Waals surface area contributed by atoms with E-state index in [1.165, 1.54) is 17.1 Å². The second kappa shape index (κ2) is 4.31. The van der Waals surface area contributed by atoms with E-state index in [1.54, 1.807) is 18.3 Å². The van der Waals surface area contributed by atoms with Crippen molar-refractivity contribution in [2.24, 2.45) is 0 Å². The van der Waals surface area contributed by atoms with E-state index < -0.39 is 4.92 Å². The van der Waals surface area contributed by atoms with Crippen molar-refractivity contribution in [2.75, 3.05) is 18.8 Å². The number of nitro groups is 1. The van der Waals surface area contributed by atoms with Crippen molar-refractivity contribution in [3.8, 4) is 0 Å². The van der Waals surface area contributed by atoms with Crippen LogP contribution in [-0.4, -0.2) is 28.8 Å². The minimum absolute atomic E-state index is 0.218. The Balaban J connectivity index is 2.15. The smallest absolute Gasteiger partial charge is 0.383 e. The summed E-state index contributed by atoms with van der Waals surface area (Å²) in [6, 6.07) is 2.74. The Kier molecular flexibility index (Phi) is 2.85. The molecular weight excluding hydrogens is 230 g/mol. The summed E-state index contributed by atoms with van der Waals surface area (Å²) in [6.07, 6.45) is 1.60. The number of anilines is 1. The van der Waals surface area contributed by atoms with Crippen LogP contribution in [0, 0.1) is 10.1 Å². The van der Waals surface area contributed by atoms with Crippen molar-refractivity contribution in [2.45, 2.75) is 0 Å². The summed E-state index contributed by atoms with van der Waals surface area (Å²) in [6.45, 7) is -0.218. The SMILES string of the molecule is CN1NN(c2ccc([N+](=O)[O-])o2)C=C1NCO. The molecule has 0 bridgehead atoms. The molecule has 0 saturated heterocycles. The number of hydrogen-bond acceptors (Lipinski definition) is 8. The van der Waals surface area contributed by atoms with Gasteiger partial charge in [0.05, 0.1) is 12.3 Å². The molecule has 2 heterocycles. The number of nitrogens with one attached hydrogen (secondary N) is 2. The monoisotopic (exact) mass is 241 g/mol. The average Bonchev–Trinajstić information content (AvgIpc) is 2.86. The maximum atomic E-state index is 10.5. The number of furan rings is 1. The molecule has 3 N–H and O–H groups in total. The zero-order chi connectivity index (χ0) is 12.4. The molecule has 0 aliphatic carbocycles. The van der Waals surface area contributed by atoms with E-state index in [4.69, 9.17) is 9.52 Å². The highest BCUT2D eigenvalue weighted by Crippen LogP contribution is 2.25. The Morgan fingerprint density at radius 1 is 1.65 bits per heavy atom. The van der Waals surface area contributed by atoms with E-state index >= 15 is 0 Å². The fourth-order valence-corrected chi connectivity index (χ4v) is 1.36. The highest BCUT2D eigenvalue weighted by Gasteiger charge is 2.22. The van der Waals surface area contributed by atoms with Crippen molar-refractivity contribution in [3.63, 3.8) is 0 Å². The van der Waals surface area contributed by atoms with E-state index in [2.05, 4.69) is 10.9 Å². The van der Waals surface area contributed by atoms with Gasteiger partial charge < -0.3 is 14.8 Å². The molecule has 0 unspecified atom stereocenters. The molecule has 17 heavy (non-hydrogen) atoms. The third-order valence-corrected chi connectivity index (χ3v) is 2.13. The van der Waals surface area contributed by atoms with Crippen LogP contribution in [0.5, 0.6) is 0 Å². The van der Waals surface area contributed by atoms with Gasteiger partial charge in [-0.05, 0) is 0 Å². The van der Waals surface area contributed by atoms with Gasteiger partial charge >= 0.3 is 5.88 Å². The quantitative estimate of drug-likeness (QED) is 0.374. The van der Waals surface area contributed by atoms with Crippen LogP contribution in [0.4, 0.5) is 11.8 Å². The number of nitrogens with zero attached hydrogens (tertiary/aromatic N) is 3. The van der Waals surface area contributed by atoms with Crippen molar-refractivity contribution < 1.29 is 14.4 Å². The van der Waals surface area contributed by atoms with Crippen LogP contribution in [0.15, 0.2) is 28.6 Å². The third-order valence-electron chi connectivity index (χ3n) is 2.13. The standard InChI is InChI=1S/C8H11N5O4/c1-11-6(9-5-14)4-12(10-11)7-2-3-8(17-7)13(15)16/h2-4,9-10,14H,5H2,1H3. The summed E-state index contributed by atoms with van der Waals surface area (Å²) in [5.41, 5.74) is 2.84. The first kappa shape index (κ1) is 11.2. The fourth-order valence-electron chi connectivity index (χ4n) is 1.36. The molecule has 1 aromatic rings. The van der Waals surface area contributed by atoms with Gasteiger partial charge in [0.25, 0.3) is 0 Å². The molecule has 0 radical (unpaired) electrons. The Bertz CT molecular complexity index is 457.